The monoisotopic (exact) mass is 322 g/mol. The number of carbonyl (C=O) groups is 1. The molecule has 0 fully saturated rings. The van der Waals surface area contributed by atoms with Crippen molar-refractivity contribution in [1.29, 1.82) is 5.26 Å². The summed E-state index contributed by atoms with van der Waals surface area (Å²) in [5, 5.41) is 12.8. The third kappa shape index (κ3) is 6.17. The Bertz CT molecular complexity index is 562. The highest BCUT2D eigenvalue weighted by Gasteiger charge is 2.14. The average molecular weight is 323 g/mol. The van der Waals surface area contributed by atoms with Crippen molar-refractivity contribution in [3.8, 4) is 6.07 Å². The zero-order valence-electron chi connectivity index (χ0n) is 12.7. The minimum absolute atomic E-state index is 0.0366. The lowest BCUT2D eigenvalue weighted by Crippen LogP contribution is -2.18. The van der Waals surface area contributed by atoms with Crippen LogP contribution in [0.3, 0.4) is 0 Å². The Kier molecular flexibility index (Phi) is 8.05. The lowest BCUT2D eigenvalue weighted by Gasteiger charge is -2.10. The smallest absolute Gasteiger partial charge is 0.350 e. The second-order valence-electron chi connectivity index (χ2n) is 4.42. The number of allylic oxidation sites excluding steroid dienone is 1. The summed E-state index contributed by atoms with van der Waals surface area (Å²) < 4.78 is 10.1. The number of ether oxygens (including phenoxy) is 2. The molecule has 5 nitrogen and oxygen atoms in total. The normalized spacial score (nSPS) is 11.4. The maximum atomic E-state index is 11.8. The Morgan fingerprint density at radius 3 is 2.59 bits per heavy atom. The van der Waals surface area contributed by atoms with Crippen molar-refractivity contribution in [2.24, 2.45) is 0 Å². The van der Waals surface area contributed by atoms with Crippen LogP contribution in [0.4, 0.5) is 0 Å². The van der Waals surface area contributed by atoms with Crippen LogP contribution in [-0.2, 0) is 20.8 Å². The fourth-order valence-corrected chi connectivity index (χ4v) is 1.74. The molecule has 0 radical (unpaired) electrons. The van der Waals surface area contributed by atoms with E-state index in [0.717, 1.165) is 5.56 Å². The van der Waals surface area contributed by atoms with Gasteiger partial charge in [-0.25, -0.2) is 4.79 Å². The first-order valence-corrected chi connectivity index (χ1v) is 7.30. The van der Waals surface area contributed by atoms with Crippen molar-refractivity contribution < 1.29 is 14.3 Å². The van der Waals surface area contributed by atoms with Gasteiger partial charge in [-0.15, -0.1) is 0 Å². The van der Waals surface area contributed by atoms with E-state index < -0.39 is 5.97 Å². The van der Waals surface area contributed by atoms with Crippen molar-refractivity contribution in [3.05, 3.63) is 46.1 Å². The van der Waals surface area contributed by atoms with Crippen molar-refractivity contribution in [3.63, 3.8) is 0 Å². The number of nitrogens with zero attached hydrogens (tertiary/aromatic N) is 1. The molecule has 0 aliphatic rings. The fourth-order valence-electron chi connectivity index (χ4n) is 1.62. The van der Waals surface area contributed by atoms with E-state index in [0.29, 0.717) is 30.5 Å². The highest BCUT2D eigenvalue weighted by molar-refractivity contribution is 6.30. The Labute approximate surface area is 135 Å². The summed E-state index contributed by atoms with van der Waals surface area (Å²) in [4.78, 5) is 11.8. The highest BCUT2D eigenvalue weighted by Crippen LogP contribution is 2.10. The van der Waals surface area contributed by atoms with Gasteiger partial charge in [-0.1, -0.05) is 23.7 Å². The molecule has 0 bridgehead atoms. The molecule has 0 amide bonds. The molecule has 0 unspecified atom stereocenters. The van der Waals surface area contributed by atoms with Gasteiger partial charge in [-0.05, 0) is 31.5 Å². The summed E-state index contributed by atoms with van der Waals surface area (Å²) >= 11 is 5.82. The molecule has 0 spiro atoms. The van der Waals surface area contributed by atoms with Crippen LogP contribution in [0.25, 0.3) is 0 Å². The standard InChI is InChI=1S/C16H19ClN2O3/c1-3-21-8-9-22-16(20)15(10-18)12(2)19-11-13-4-6-14(17)7-5-13/h4-7,19H,3,8-9,11H2,1-2H3/b15-12-. The molecule has 0 aromatic heterocycles. The zero-order chi connectivity index (χ0) is 16.4. The van der Waals surface area contributed by atoms with Crippen LogP contribution in [0.1, 0.15) is 19.4 Å². The van der Waals surface area contributed by atoms with Crippen molar-refractivity contribution in [2.45, 2.75) is 20.4 Å². The molecule has 22 heavy (non-hydrogen) atoms. The Balaban J connectivity index is 2.57. The van der Waals surface area contributed by atoms with Crippen LogP contribution in [0, 0.1) is 11.3 Å². The number of benzene rings is 1. The van der Waals surface area contributed by atoms with Gasteiger partial charge in [0.15, 0.2) is 5.57 Å². The average Bonchev–Trinajstić information content (AvgIpc) is 2.52. The predicted octanol–water partition coefficient (Wildman–Crippen LogP) is 2.81. The summed E-state index contributed by atoms with van der Waals surface area (Å²) in [6.07, 6.45) is 0. The molecule has 1 rings (SSSR count). The van der Waals surface area contributed by atoms with E-state index >= 15 is 0 Å². The molecule has 0 heterocycles. The van der Waals surface area contributed by atoms with Crippen LogP contribution >= 0.6 is 11.6 Å². The van der Waals surface area contributed by atoms with Crippen LogP contribution in [0.2, 0.25) is 5.02 Å². The first-order chi connectivity index (χ1) is 10.6. The third-order valence-electron chi connectivity index (χ3n) is 2.83. The topological polar surface area (TPSA) is 71.3 Å². The number of nitrogens with one attached hydrogen (secondary N) is 1. The van der Waals surface area contributed by atoms with E-state index in [-0.39, 0.29) is 12.2 Å². The summed E-state index contributed by atoms with van der Waals surface area (Å²) in [5.74, 6) is -0.650. The van der Waals surface area contributed by atoms with E-state index in [1.54, 1.807) is 19.1 Å². The molecule has 1 aromatic rings. The molecule has 1 aromatic carbocycles. The zero-order valence-corrected chi connectivity index (χ0v) is 13.4. The van der Waals surface area contributed by atoms with Gasteiger partial charge < -0.3 is 14.8 Å². The number of halogens is 1. The van der Waals surface area contributed by atoms with Crippen LogP contribution in [-0.4, -0.2) is 25.8 Å². The van der Waals surface area contributed by atoms with Gasteiger partial charge in [0.1, 0.15) is 12.7 Å². The van der Waals surface area contributed by atoms with Crippen LogP contribution in [0.15, 0.2) is 35.5 Å². The minimum atomic E-state index is -0.650. The van der Waals surface area contributed by atoms with Gasteiger partial charge in [-0.2, -0.15) is 5.26 Å². The molecule has 1 N–H and O–H groups in total. The Morgan fingerprint density at radius 1 is 1.32 bits per heavy atom. The van der Waals surface area contributed by atoms with Crippen LogP contribution in [0.5, 0.6) is 0 Å². The molecule has 0 atom stereocenters. The first kappa shape index (κ1) is 18.0. The van der Waals surface area contributed by atoms with Gasteiger partial charge in [0, 0.05) is 23.9 Å². The Hall–Kier alpha value is -2.03. The second-order valence-corrected chi connectivity index (χ2v) is 4.86. The summed E-state index contributed by atoms with van der Waals surface area (Å²) in [7, 11) is 0. The molecule has 0 aliphatic heterocycles. The van der Waals surface area contributed by atoms with E-state index in [1.807, 2.05) is 25.1 Å². The molecule has 0 saturated heterocycles. The fraction of sp³-hybridized carbons (Fsp3) is 0.375. The summed E-state index contributed by atoms with van der Waals surface area (Å²) in [5.41, 5.74) is 1.43. The number of hydrogen-bond donors (Lipinski definition) is 1. The van der Waals surface area contributed by atoms with Crippen molar-refractivity contribution in [1.82, 2.24) is 5.32 Å². The maximum Gasteiger partial charge on any atom is 0.350 e. The number of esters is 1. The minimum Gasteiger partial charge on any atom is -0.459 e. The second kappa shape index (κ2) is 9.82. The van der Waals surface area contributed by atoms with Crippen LogP contribution < -0.4 is 5.32 Å². The molecular weight excluding hydrogens is 304 g/mol. The molecule has 0 saturated carbocycles. The predicted molar refractivity (Wildman–Crippen MR) is 84.1 cm³/mol. The quantitative estimate of drug-likeness (QED) is 0.345. The lowest BCUT2D eigenvalue weighted by atomic mass is 10.2. The van der Waals surface area contributed by atoms with Gasteiger partial charge in [0.05, 0.1) is 6.61 Å². The van der Waals surface area contributed by atoms with Gasteiger partial charge in [-0.3, -0.25) is 0 Å². The number of rotatable bonds is 8. The maximum absolute atomic E-state index is 11.8. The van der Waals surface area contributed by atoms with Gasteiger partial charge >= 0.3 is 5.97 Å². The number of hydrogen-bond acceptors (Lipinski definition) is 5. The lowest BCUT2D eigenvalue weighted by molar-refractivity contribution is -0.140. The molecule has 0 aliphatic carbocycles. The Morgan fingerprint density at radius 2 is 2.00 bits per heavy atom. The van der Waals surface area contributed by atoms with Crippen molar-refractivity contribution >= 4 is 17.6 Å². The SMILES string of the molecule is CCOCCOC(=O)/C(C#N)=C(/C)NCc1ccc(Cl)cc1. The molecular formula is C16H19ClN2O3. The summed E-state index contributed by atoms with van der Waals surface area (Å²) in [6, 6.07) is 9.17. The number of nitriles is 1. The van der Waals surface area contributed by atoms with E-state index in [9.17, 15) is 4.79 Å². The first-order valence-electron chi connectivity index (χ1n) is 6.92. The molecule has 118 valence electrons. The van der Waals surface area contributed by atoms with Gasteiger partial charge in [0.2, 0.25) is 0 Å². The molecule has 6 heteroatoms. The highest BCUT2D eigenvalue weighted by atomic mass is 35.5. The summed E-state index contributed by atoms with van der Waals surface area (Å²) in [6.45, 7) is 5.01. The van der Waals surface area contributed by atoms with E-state index in [4.69, 9.17) is 26.3 Å². The van der Waals surface area contributed by atoms with Crippen molar-refractivity contribution in [2.75, 3.05) is 19.8 Å². The van der Waals surface area contributed by atoms with E-state index in [1.165, 1.54) is 0 Å². The largest absolute Gasteiger partial charge is 0.459 e. The number of carbonyl (C=O) groups excluding carboxylic acids is 1. The third-order valence-corrected chi connectivity index (χ3v) is 3.08. The van der Waals surface area contributed by atoms with E-state index in [2.05, 4.69) is 5.32 Å². The van der Waals surface area contributed by atoms with Gasteiger partial charge in [0.25, 0.3) is 0 Å².